The van der Waals surface area contributed by atoms with E-state index in [0.717, 1.165) is 25.1 Å². The SMILES string of the molecule is CCCCCCCCC=CCCCCCCCc1nnc(SCC(=O)Nc2ccc(Cl)cc2Cl)n1N. The maximum absolute atomic E-state index is 12.2. The molecule has 0 spiro atoms. The highest BCUT2D eigenvalue weighted by molar-refractivity contribution is 7.99. The van der Waals surface area contributed by atoms with Gasteiger partial charge < -0.3 is 11.2 Å². The molecule has 3 N–H and O–H groups in total. The average Bonchev–Trinajstić information content (AvgIpc) is 3.21. The van der Waals surface area contributed by atoms with Crippen LogP contribution in [0.3, 0.4) is 0 Å². The number of carbonyl (C=O) groups excluding carboxylic acids is 1. The van der Waals surface area contributed by atoms with E-state index in [0.29, 0.717) is 20.9 Å². The number of benzene rings is 1. The summed E-state index contributed by atoms with van der Waals surface area (Å²) in [4.78, 5) is 12.2. The standard InChI is InChI=1S/C27H41Cl2N5OS/c1-2-3-4-5-6-7-8-9-10-11-12-13-14-15-16-17-25-32-33-27(34(25)30)36-21-26(35)31-24-19-18-22(28)20-23(24)29/h9-10,18-20H,2-8,11-17,21,30H2,1H3,(H,31,35). The van der Waals surface area contributed by atoms with Crippen molar-refractivity contribution in [2.24, 2.45) is 0 Å². The molecule has 9 heteroatoms. The number of hydrogen-bond donors (Lipinski definition) is 2. The monoisotopic (exact) mass is 553 g/mol. The van der Waals surface area contributed by atoms with Crippen molar-refractivity contribution < 1.29 is 4.79 Å². The molecule has 0 bridgehead atoms. The molecule has 0 aliphatic rings. The Hall–Kier alpha value is -1.70. The molecule has 1 heterocycles. The molecular weight excluding hydrogens is 513 g/mol. The molecule has 0 saturated carbocycles. The molecule has 1 aromatic heterocycles. The molecule has 2 aromatic rings. The van der Waals surface area contributed by atoms with Crippen LogP contribution in [0.4, 0.5) is 5.69 Å². The molecule has 0 aliphatic carbocycles. The van der Waals surface area contributed by atoms with Crippen LogP contribution in [-0.2, 0) is 11.2 Å². The number of anilines is 1. The van der Waals surface area contributed by atoms with E-state index in [-0.39, 0.29) is 11.7 Å². The molecule has 0 fully saturated rings. The third-order valence-corrected chi connectivity index (χ3v) is 7.43. The van der Waals surface area contributed by atoms with Crippen molar-refractivity contribution in [2.45, 2.75) is 102 Å². The van der Waals surface area contributed by atoms with Crippen molar-refractivity contribution in [1.82, 2.24) is 14.9 Å². The number of hydrogen-bond acceptors (Lipinski definition) is 5. The molecule has 1 amide bonds. The van der Waals surface area contributed by atoms with Gasteiger partial charge in [0.05, 0.1) is 16.5 Å². The van der Waals surface area contributed by atoms with Gasteiger partial charge >= 0.3 is 0 Å². The Morgan fingerprint density at radius 1 is 0.972 bits per heavy atom. The Bertz CT molecular complexity index is 935. The molecule has 0 radical (unpaired) electrons. The second kappa shape index (κ2) is 18.5. The van der Waals surface area contributed by atoms with Crippen LogP contribution in [0.15, 0.2) is 35.5 Å². The lowest BCUT2D eigenvalue weighted by molar-refractivity contribution is -0.113. The van der Waals surface area contributed by atoms with Crippen molar-refractivity contribution in [3.8, 4) is 0 Å². The van der Waals surface area contributed by atoms with E-state index in [1.54, 1.807) is 18.2 Å². The van der Waals surface area contributed by atoms with E-state index < -0.39 is 0 Å². The minimum absolute atomic E-state index is 0.154. The highest BCUT2D eigenvalue weighted by Gasteiger charge is 2.13. The fourth-order valence-electron chi connectivity index (χ4n) is 3.84. The van der Waals surface area contributed by atoms with Gasteiger partial charge in [0.2, 0.25) is 11.1 Å². The molecule has 6 nitrogen and oxygen atoms in total. The van der Waals surface area contributed by atoms with Gasteiger partial charge in [-0.25, -0.2) is 4.68 Å². The zero-order valence-corrected chi connectivity index (χ0v) is 23.8. The Morgan fingerprint density at radius 2 is 1.61 bits per heavy atom. The van der Waals surface area contributed by atoms with E-state index >= 15 is 0 Å². The molecule has 0 atom stereocenters. The molecule has 36 heavy (non-hydrogen) atoms. The van der Waals surface area contributed by atoms with Crippen molar-refractivity contribution in [3.63, 3.8) is 0 Å². The van der Waals surface area contributed by atoms with Gasteiger partial charge in [0.1, 0.15) is 0 Å². The molecule has 0 aliphatic heterocycles. The van der Waals surface area contributed by atoms with Gasteiger partial charge in [0, 0.05) is 11.4 Å². The number of nitrogens with two attached hydrogens (primary N) is 1. The van der Waals surface area contributed by atoms with E-state index in [9.17, 15) is 4.79 Å². The lowest BCUT2D eigenvalue weighted by Crippen LogP contribution is -2.17. The fraction of sp³-hybridized carbons (Fsp3) is 0.593. The van der Waals surface area contributed by atoms with E-state index in [2.05, 4.69) is 34.6 Å². The molecule has 1 aromatic carbocycles. The number of aryl methyl sites for hydroxylation is 1. The average molecular weight is 555 g/mol. The van der Waals surface area contributed by atoms with Crippen molar-refractivity contribution in [3.05, 3.63) is 46.2 Å². The summed E-state index contributed by atoms with van der Waals surface area (Å²) >= 11 is 13.2. The van der Waals surface area contributed by atoms with Gasteiger partial charge in [0.15, 0.2) is 5.82 Å². The Kier molecular flexibility index (Phi) is 15.7. The largest absolute Gasteiger partial charge is 0.336 e. The van der Waals surface area contributed by atoms with Gasteiger partial charge in [-0.2, -0.15) is 0 Å². The third-order valence-electron chi connectivity index (χ3n) is 5.93. The minimum Gasteiger partial charge on any atom is -0.336 e. The van der Waals surface area contributed by atoms with Crippen LogP contribution in [0.25, 0.3) is 0 Å². The zero-order chi connectivity index (χ0) is 26.0. The highest BCUT2D eigenvalue weighted by Crippen LogP contribution is 2.26. The van der Waals surface area contributed by atoms with Crippen LogP contribution in [0.1, 0.15) is 96.2 Å². The maximum atomic E-state index is 12.2. The van der Waals surface area contributed by atoms with E-state index in [1.807, 2.05) is 0 Å². The van der Waals surface area contributed by atoms with Crippen LogP contribution in [0.5, 0.6) is 0 Å². The quantitative estimate of drug-likeness (QED) is 0.0791. The van der Waals surface area contributed by atoms with Gasteiger partial charge in [-0.3, -0.25) is 4.79 Å². The molecular formula is C27H41Cl2N5OS. The summed E-state index contributed by atoms with van der Waals surface area (Å²) < 4.78 is 1.49. The topological polar surface area (TPSA) is 85.8 Å². The second-order valence-corrected chi connectivity index (χ2v) is 10.9. The number of unbranched alkanes of at least 4 members (excludes halogenated alkanes) is 11. The number of nitrogens with one attached hydrogen (secondary N) is 1. The molecule has 0 unspecified atom stereocenters. The summed E-state index contributed by atoms with van der Waals surface area (Å²) in [5.74, 6) is 6.84. The summed E-state index contributed by atoms with van der Waals surface area (Å²) in [7, 11) is 0. The van der Waals surface area contributed by atoms with Crippen LogP contribution < -0.4 is 11.2 Å². The first-order chi connectivity index (χ1) is 17.5. The maximum Gasteiger partial charge on any atom is 0.234 e. The Balaban J connectivity index is 1.52. The number of thioether (sulfide) groups is 1. The van der Waals surface area contributed by atoms with Crippen LogP contribution in [0.2, 0.25) is 10.0 Å². The summed E-state index contributed by atoms with van der Waals surface area (Å²) in [6, 6.07) is 4.93. The lowest BCUT2D eigenvalue weighted by atomic mass is 10.1. The number of aromatic nitrogens is 3. The molecule has 2 rings (SSSR count). The van der Waals surface area contributed by atoms with Crippen LogP contribution in [0, 0.1) is 0 Å². The number of halogens is 2. The summed E-state index contributed by atoms with van der Waals surface area (Å²) in [6.45, 7) is 2.26. The number of rotatable bonds is 19. The van der Waals surface area contributed by atoms with Gasteiger partial charge in [-0.15, -0.1) is 10.2 Å². The highest BCUT2D eigenvalue weighted by atomic mass is 35.5. The number of carbonyl (C=O) groups is 1. The van der Waals surface area contributed by atoms with Crippen molar-refractivity contribution in [1.29, 1.82) is 0 Å². The van der Waals surface area contributed by atoms with E-state index in [1.165, 1.54) is 87.1 Å². The lowest BCUT2D eigenvalue weighted by Gasteiger charge is -2.07. The number of amides is 1. The number of allylic oxidation sites excluding steroid dienone is 2. The minimum atomic E-state index is -0.203. The fourth-order valence-corrected chi connectivity index (χ4v) is 4.97. The Labute approximate surface area is 230 Å². The summed E-state index contributed by atoms with van der Waals surface area (Å²) in [5, 5.41) is 12.5. The number of nitrogens with zero attached hydrogens (tertiary/aromatic N) is 3. The van der Waals surface area contributed by atoms with Gasteiger partial charge in [-0.1, -0.05) is 105 Å². The van der Waals surface area contributed by atoms with Gasteiger partial charge in [-0.05, 0) is 50.3 Å². The summed E-state index contributed by atoms with van der Waals surface area (Å²) in [5.41, 5.74) is 0.519. The number of nitrogen functional groups attached to an aromatic ring is 1. The first-order valence-electron chi connectivity index (χ1n) is 13.2. The predicted octanol–water partition coefficient (Wildman–Crippen LogP) is 8.22. The van der Waals surface area contributed by atoms with Crippen molar-refractivity contribution in [2.75, 3.05) is 16.9 Å². The van der Waals surface area contributed by atoms with Crippen LogP contribution in [-0.4, -0.2) is 26.5 Å². The first-order valence-corrected chi connectivity index (χ1v) is 15.0. The first kappa shape index (κ1) is 30.5. The van der Waals surface area contributed by atoms with Crippen molar-refractivity contribution >= 4 is 46.6 Å². The third kappa shape index (κ3) is 12.5. The smallest absolute Gasteiger partial charge is 0.234 e. The second-order valence-electron chi connectivity index (χ2n) is 9.06. The predicted molar refractivity (Wildman–Crippen MR) is 155 cm³/mol. The van der Waals surface area contributed by atoms with E-state index in [4.69, 9.17) is 29.0 Å². The van der Waals surface area contributed by atoms with Gasteiger partial charge in [0.25, 0.3) is 0 Å². The zero-order valence-electron chi connectivity index (χ0n) is 21.5. The Morgan fingerprint density at radius 3 is 2.28 bits per heavy atom. The molecule has 0 saturated heterocycles. The van der Waals surface area contributed by atoms with Crippen LogP contribution >= 0.6 is 35.0 Å². The molecule has 200 valence electrons. The normalized spacial score (nSPS) is 11.4. The summed E-state index contributed by atoms with van der Waals surface area (Å²) in [6.07, 6.45) is 22.0.